The molecule has 2 aliphatic rings. The first-order chi connectivity index (χ1) is 15.7. The lowest BCUT2D eigenvalue weighted by Crippen LogP contribution is -2.34. The van der Waals surface area contributed by atoms with Gasteiger partial charge in [0.2, 0.25) is 0 Å². The van der Waals surface area contributed by atoms with Crippen LogP contribution in [0.1, 0.15) is 40.3 Å². The normalized spacial score (nSPS) is 17.5. The van der Waals surface area contributed by atoms with Gasteiger partial charge in [-0.15, -0.1) is 0 Å². The van der Waals surface area contributed by atoms with E-state index in [0.29, 0.717) is 12.4 Å². The molecule has 0 aliphatic carbocycles. The number of phenols is 1. The minimum atomic E-state index is 0.277. The molecule has 0 bridgehead atoms. The molecule has 32 heavy (non-hydrogen) atoms. The topological polar surface area (TPSA) is 51.2 Å². The Hall–Kier alpha value is -3.18. The number of phenolic OH excluding ortho intramolecular Hbond substituents is 1. The molecule has 3 aromatic carbocycles. The summed E-state index contributed by atoms with van der Waals surface area (Å²) in [6, 6.07) is 18.7. The molecule has 0 spiro atoms. The van der Waals surface area contributed by atoms with Crippen LogP contribution in [0, 0.1) is 0 Å². The predicted octanol–water partition coefficient (Wildman–Crippen LogP) is 5.03. The number of benzene rings is 3. The summed E-state index contributed by atoms with van der Waals surface area (Å²) < 4.78 is 17.2. The highest BCUT2D eigenvalue weighted by atomic mass is 16.5. The Kier molecular flexibility index (Phi) is 5.66. The number of nitrogens with zero attached hydrogens (tertiary/aromatic N) is 1. The van der Waals surface area contributed by atoms with Crippen molar-refractivity contribution in [2.24, 2.45) is 0 Å². The summed E-state index contributed by atoms with van der Waals surface area (Å²) in [4.78, 5) is 2.47. The Balaban J connectivity index is 1.43. The highest BCUT2D eigenvalue weighted by Gasteiger charge is 2.32. The molecule has 5 heteroatoms. The standard InChI is InChI=1S/C27H29NO4/c1-30-24-11-9-19-8-10-23-21-15-25(31-2)26(32-17-18-6-4-3-5-7-18)14-20(21)12-13-28(23)16-22(19)27(24)29/h3-7,9,11,14-15,23,29H,8,10,12-13,16-17H2,1-2H3. The van der Waals surface area contributed by atoms with E-state index in [1.54, 1.807) is 14.2 Å². The van der Waals surface area contributed by atoms with E-state index in [1.807, 2.05) is 24.3 Å². The van der Waals surface area contributed by atoms with Crippen LogP contribution < -0.4 is 14.2 Å². The third-order valence-corrected chi connectivity index (χ3v) is 6.74. The second-order valence-corrected chi connectivity index (χ2v) is 8.51. The minimum Gasteiger partial charge on any atom is -0.504 e. The Morgan fingerprint density at radius 2 is 1.72 bits per heavy atom. The van der Waals surface area contributed by atoms with Crippen molar-refractivity contribution in [2.45, 2.75) is 38.5 Å². The van der Waals surface area contributed by atoms with Crippen molar-refractivity contribution >= 4 is 0 Å². The molecule has 3 aromatic rings. The molecule has 1 unspecified atom stereocenters. The number of aryl methyl sites for hydroxylation is 1. The second-order valence-electron chi connectivity index (χ2n) is 8.51. The zero-order valence-electron chi connectivity index (χ0n) is 18.6. The van der Waals surface area contributed by atoms with Crippen molar-refractivity contribution < 1.29 is 19.3 Å². The zero-order chi connectivity index (χ0) is 22.1. The first kappa shape index (κ1) is 20.7. The summed E-state index contributed by atoms with van der Waals surface area (Å²) in [5, 5.41) is 10.7. The molecule has 5 rings (SSSR count). The fourth-order valence-electron chi connectivity index (χ4n) is 5.02. The predicted molar refractivity (Wildman–Crippen MR) is 124 cm³/mol. The molecule has 1 N–H and O–H groups in total. The fourth-order valence-corrected chi connectivity index (χ4v) is 5.02. The van der Waals surface area contributed by atoms with Crippen molar-refractivity contribution in [3.8, 4) is 23.0 Å². The van der Waals surface area contributed by atoms with Crippen LogP contribution >= 0.6 is 0 Å². The molecular formula is C27H29NO4. The maximum Gasteiger partial charge on any atom is 0.162 e. The van der Waals surface area contributed by atoms with E-state index in [-0.39, 0.29) is 11.8 Å². The van der Waals surface area contributed by atoms with E-state index in [0.717, 1.165) is 55.0 Å². The van der Waals surface area contributed by atoms with Gasteiger partial charge in [-0.2, -0.15) is 0 Å². The highest BCUT2D eigenvalue weighted by molar-refractivity contribution is 5.52. The summed E-state index contributed by atoms with van der Waals surface area (Å²) in [5.41, 5.74) is 5.96. The number of aromatic hydroxyl groups is 1. The first-order valence-electron chi connectivity index (χ1n) is 11.2. The molecule has 0 radical (unpaired) electrons. The first-order valence-corrected chi connectivity index (χ1v) is 11.2. The van der Waals surface area contributed by atoms with Crippen LogP contribution in [0.5, 0.6) is 23.0 Å². The molecule has 0 fully saturated rings. The van der Waals surface area contributed by atoms with E-state index >= 15 is 0 Å². The molecule has 0 saturated heterocycles. The van der Waals surface area contributed by atoms with E-state index in [4.69, 9.17) is 14.2 Å². The Morgan fingerprint density at radius 1 is 0.906 bits per heavy atom. The zero-order valence-corrected chi connectivity index (χ0v) is 18.6. The summed E-state index contributed by atoms with van der Waals surface area (Å²) in [6.07, 6.45) is 2.86. The Morgan fingerprint density at radius 3 is 2.50 bits per heavy atom. The number of ether oxygens (including phenoxy) is 3. The Bertz CT molecular complexity index is 1110. The monoisotopic (exact) mass is 431 g/mol. The molecule has 0 saturated carbocycles. The largest absolute Gasteiger partial charge is 0.504 e. The van der Waals surface area contributed by atoms with Crippen LogP contribution in [0.15, 0.2) is 54.6 Å². The molecule has 2 aliphatic heterocycles. The third-order valence-electron chi connectivity index (χ3n) is 6.74. The second kappa shape index (κ2) is 8.75. The lowest BCUT2D eigenvalue weighted by molar-refractivity contribution is 0.171. The van der Waals surface area contributed by atoms with Crippen molar-refractivity contribution in [1.29, 1.82) is 0 Å². The third kappa shape index (κ3) is 3.78. The average molecular weight is 432 g/mol. The lowest BCUT2D eigenvalue weighted by Gasteiger charge is -2.36. The number of rotatable bonds is 5. The average Bonchev–Trinajstić information content (AvgIpc) is 3.03. The number of hydrogen-bond acceptors (Lipinski definition) is 5. The van der Waals surface area contributed by atoms with Gasteiger partial charge in [-0.25, -0.2) is 0 Å². The summed E-state index contributed by atoms with van der Waals surface area (Å²) in [5.74, 6) is 2.39. The van der Waals surface area contributed by atoms with Crippen molar-refractivity contribution in [1.82, 2.24) is 4.90 Å². The quantitative estimate of drug-likeness (QED) is 0.614. The van der Waals surface area contributed by atoms with Gasteiger partial charge in [0, 0.05) is 24.7 Å². The number of hydrogen-bond donors (Lipinski definition) is 1. The van der Waals surface area contributed by atoms with Gasteiger partial charge in [-0.1, -0.05) is 36.4 Å². The van der Waals surface area contributed by atoms with Gasteiger partial charge >= 0.3 is 0 Å². The lowest BCUT2D eigenvalue weighted by atomic mass is 9.89. The molecule has 1 atom stereocenters. The minimum absolute atomic E-state index is 0.277. The van der Waals surface area contributed by atoms with Gasteiger partial charge in [-0.05, 0) is 59.7 Å². The van der Waals surface area contributed by atoms with Crippen LogP contribution in [-0.4, -0.2) is 30.8 Å². The van der Waals surface area contributed by atoms with Gasteiger partial charge in [0.1, 0.15) is 6.61 Å². The van der Waals surface area contributed by atoms with E-state index in [1.165, 1.54) is 16.7 Å². The van der Waals surface area contributed by atoms with Gasteiger partial charge in [0.05, 0.1) is 14.2 Å². The van der Waals surface area contributed by atoms with Crippen molar-refractivity contribution in [3.05, 3.63) is 82.4 Å². The number of methoxy groups -OCH3 is 2. The van der Waals surface area contributed by atoms with Gasteiger partial charge < -0.3 is 19.3 Å². The smallest absolute Gasteiger partial charge is 0.162 e. The molecule has 2 heterocycles. The van der Waals surface area contributed by atoms with Gasteiger partial charge in [-0.3, -0.25) is 4.90 Å². The summed E-state index contributed by atoms with van der Waals surface area (Å²) in [7, 11) is 3.30. The van der Waals surface area contributed by atoms with E-state index < -0.39 is 0 Å². The maximum atomic E-state index is 10.7. The van der Waals surface area contributed by atoms with Gasteiger partial charge in [0.15, 0.2) is 23.0 Å². The van der Waals surface area contributed by atoms with E-state index in [2.05, 4.69) is 35.2 Å². The Labute approximate surface area is 189 Å². The SMILES string of the molecule is COc1cc2c(cc1OCc1ccccc1)CCN1Cc3c(ccc(OC)c3O)CCC21. The van der Waals surface area contributed by atoms with Gasteiger partial charge in [0.25, 0.3) is 0 Å². The van der Waals surface area contributed by atoms with Crippen LogP contribution in [0.25, 0.3) is 0 Å². The molecular weight excluding hydrogens is 402 g/mol. The van der Waals surface area contributed by atoms with Crippen LogP contribution in [0.4, 0.5) is 0 Å². The number of fused-ring (bicyclic) bond motifs is 4. The molecule has 166 valence electrons. The molecule has 5 nitrogen and oxygen atoms in total. The molecule has 0 amide bonds. The molecule has 0 aromatic heterocycles. The van der Waals surface area contributed by atoms with Crippen LogP contribution in [-0.2, 0) is 26.0 Å². The summed E-state index contributed by atoms with van der Waals surface area (Å²) in [6.45, 7) is 2.18. The van der Waals surface area contributed by atoms with Crippen LogP contribution in [0.2, 0.25) is 0 Å². The van der Waals surface area contributed by atoms with E-state index in [9.17, 15) is 5.11 Å². The fraction of sp³-hybridized carbons (Fsp3) is 0.333. The summed E-state index contributed by atoms with van der Waals surface area (Å²) >= 11 is 0. The highest BCUT2D eigenvalue weighted by Crippen LogP contribution is 2.44. The van der Waals surface area contributed by atoms with Crippen molar-refractivity contribution in [2.75, 3.05) is 20.8 Å². The van der Waals surface area contributed by atoms with Crippen molar-refractivity contribution in [3.63, 3.8) is 0 Å². The van der Waals surface area contributed by atoms with Crippen LogP contribution in [0.3, 0.4) is 0 Å². The maximum absolute atomic E-state index is 10.7.